The van der Waals surface area contributed by atoms with Crippen molar-refractivity contribution >= 4 is 66.4 Å². The molecule has 0 aliphatic heterocycles. The summed E-state index contributed by atoms with van der Waals surface area (Å²) in [7, 11) is -8.69. The lowest BCUT2D eigenvalue weighted by atomic mass is 10.3. The Morgan fingerprint density at radius 3 is 1.57 bits per heavy atom. The first-order valence-corrected chi connectivity index (χ1v) is 12.0. The average molecular weight is 500 g/mol. The molecule has 1 heterocycles. The molecule has 0 spiro atoms. The van der Waals surface area contributed by atoms with Gasteiger partial charge in [0.2, 0.25) is 0 Å². The van der Waals surface area contributed by atoms with Gasteiger partial charge in [0.05, 0.1) is 0 Å². The first kappa shape index (κ1) is 21.2. The highest BCUT2D eigenvalue weighted by molar-refractivity contribution is 7.90. The first-order chi connectivity index (χ1) is 13.1. The molecule has 0 N–H and O–H groups in total. The van der Waals surface area contributed by atoms with Crippen LogP contribution in [-0.4, -0.2) is 16.8 Å². The van der Waals surface area contributed by atoms with E-state index >= 15 is 0 Å². The quantitative estimate of drug-likeness (QED) is 0.431. The highest BCUT2D eigenvalue weighted by Gasteiger charge is 2.29. The largest absolute Gasteiger partial charge is 0.379 e. The Morgan fingerprint density at radius 2 is 1.11 bits per heavy atom. The van der Waals surface area contributed by atoms with E-state index in [1.165, 1.54) is 48.5 Å². The summed E-state index contributed by atoms with van der Waals surface area (Å²) < 4.78 is 59.0. The number of rotatable bonds is 6. The topological polar surface area (TPSA) is 86.7 Å². The molecule has 0 amide bonds. The average Bonchev–Trinajstić information content (AvgIpc) is 3.02. The standard InChI is InChI=1S/C16H9Cl3O6S3/c17-10-1-5-12(6-2-10)24-27(20,21)14-9-15(26-16(14)19)28(22,23)25-13-7-3-11(18)4-8-13/h1-9H. The Bertz CT molecular complexity index is 1200. The van der Waals surface area contributed by atoms with Crippen LogP contribution in [0.15, 0.2) is 63.7 Å². The van der Waals surface area contributed by atoms with Crippen LogP contribution in [0.2, 0.25) is 14.4 Å². The number of benzene rings is 2. The van der Waals surface area contributed by atoms with Crippen LogP contribution < -0.4 is 8.37 Å². The van der Waals surface area contributed by atoms with Crippen molar-refractivity contribution in [2.24, 2.45) is 0 Å². The molecule has 0 saturated heterocycles. The van der Waals surface area contributed by atoms with Gasteiger partial charge in [0, 0.05) is 10.0 Å². The van der Waals surface area contributed by atoms with Gasteiger partial charge in [0.25, 0.3) is 0 Å². The van der Waals surface area contributed by atoms with Crippen molar-refractivity contribution in [3.8, 4) is 11.5 Å². The van der Waals surface area contributed by atoms with Gasteiger partial charge < -0.3 is 8.37 Å². The normalized spacial score (nSPS) is 12.0. The molecule has 28 heavy (non-hydrogen) atoms. The summed E-state index contributed by atoms with van der Waals surface area (Å²) in [6.45, 7) is 0. The molecule has 0 aliphatic carbocycles. The molecular formula is C16H9Cl3O6S3. The Morgan fingerprint density at radius 1 is 0.679 bits per heavy atom. The van der Waals surface area contributed by atoms with Gasteiger partial charge in [0.15, 0.2) is 4.21 Å². The second-order valence-corrected chi connectivity index (χ2v) is 11.0. The monoisotopic (exact) mass is 498 g/mol. The van der Waals surface area contributed by atoms with Crippen LogP contribution in [0, 0.1) is 0 Å². The van der Waals surface area contributed by atoms with Crippen molar-refractivity contribution in [2.75, 3.05) is 0 Å². The SMILES string of the molecule is O=S(=O)(Oc1ccc(Cl)cc1)c1cc(S(=O)(=O)Oc2ccc(Cl)cc2)c(Cl)s1. The Balaban J connectivity index is 1.89. The van der Waals surface area contributed by atoms with Gasteiger partial charge in [-0.15, -0.1) is 11.3 Å². The van der Waals surface area contributed by atoms with Crippen molar-refractivity contribution < 1.29 is 25.2 Å². The van der Waals surface area contributed by atoms with Crippen molar-refractivity contribution in [1.29, 1.82) is 0 Å². The van der Waals surface area contributed by atoms with Crippen LogP contribution in [0.1, 0.15) is 0 Å². The van der Waals surface area contributed by atoms with E-state index in [1.54, 1.807) is 0 Å². The van der Waals surface area contributed by atoms with E-state index in [0.29, 0.717) is 21.4 Å². The van der Waals surface area contributed by atoms with Gasteiger partial charge in [-0.25, -0.2) is 0 Å². The fourth-order valence-electron chi connectivity index (χ4n) is 1.95. The van der Waals surface area contributed by atoms with E-state index in [-0.39, 0.29) is 15.8 Å². The summed E-state index contributed by atoms with van der Waals surface area (Å²) in [5.74, 6) is 0.00392. The molecule has 0 bridgehead atoms. The molecule has 0 radical (unpaired) electrons. The van der Waals surface area contributed by atoms with Crippen LogP contribution >= 0.6 is 46.1 Å². The zero-order valence-corrected chi connectivity index (χ0v) is 18.2. The summed E-state index contributed by atoms with van der Waals surface area (Å²) in [5, 5.41) is 0.794. The Labute approximate surface area is 180 Å². The van der Waals surface area contributed by atoms with Crippen LogP contribution in [0.5, 0.6) is 11.5 Å². The van der Waals surface area contributed by atoms with Crippen molar-refractivity contribution in [1.82, 2.24) is 0 Å². The molecule has 1 aromatic heterocycles. The fraction of sp³-hybridized carbons (Fsp3) is 0. The minimum absolute atomic E-state index is 0.00603. The smallest absolute Gasteiger partial charge is 0.348 e. The minimum Gasteiger partial charge on any atom is -0.379 e. The minimum atomic E-state index is -4.38. The first-order valence-electron chi connectivity index (χ1n) is 7.26. The van der Waals surface area contributed by atoms with Crippen LogP contribution in [0.4, 0.5) is 0 Å². The zero-order chi connectivity index (χ0) is 20.5. The van der Waals surface area contributed by atoms with Gasteiger partial charge in [-0.1, -0.05) is 34.8 Å². The Hall–Kier alpha value is -1.49. The van der Waals surface area contributed by atoms with E-state index in [9.17, 15) is 16.8 Å². The third kappa shape index (κ3) is 4.91. The molecule has 3 aromatic rings. The molecule has 0 saturated carbocycles. The lowest BCUT2D eigenvalue weighted by Gasteiger charge is -2.06. The summed E-state index contributed by atoms with van der Waals surface area (Å²) in [6, 6.07) is 12.1. The molecule has 3 rings (SSSR count). The maximum Gasteiger partial charge on any atom is 0.348 e. The van der Waals surface area contributed by atoms with Gasteiger partial charge in [-0.05, 0) is 54.6 Å². The van der Waals surface area contributed by atoms with Gasteiger partial charge in [-0.3, -0.25) is 0 Å². The third-order valence-electron chi connectivity index (χ3n) is 3.19. The zero-order valence-electron chi connectivity index (χ0n) is 13.5. The van der Waals surface area contributed by atoms with E-state index < -0.39 is 29.3 Å². The lowest BCUT2D eigenvalue weighted by molar-refractivity contribution is 0.486. The highest BCUT2D eigenvalue weighted by atomic mass is 35.5. The molecule has 0 fully saturated rings. The second kappa shape index (κ2) is 8.10. The number of hydrogen-bond acceptors (Lipinski definition) is 7. The number of halogens is 3. The van der Waals surface area contributed by atoms with Crippen molar-refractivity contribution in [3.63, 3.8) is 0 Å². The predicted octanol–water partition coefficient (Wildman–Crippen LogP) is 5.24. The van der Waals surface area contributed by atoms with Crippen LogP contribution in [0.3, 0.4) is 0 Å². The van der Waals surface area contributed by atoms with Crippen molar-refractivity contribution in [2.45, 2.75) is 9.10 Å². The predicted molar refractivity (Wildman–Crippen MR) is 108 cm³/mol. The molecule has 12 heteroatoms. The van der Waals surface area contributed by atoms with Crippen molar-refractivity contribution in [3.05, 3.63) is 69.0 Å². The molecule has 6 nitrogen and oxygen atoms in total. The number of hydrogen-bond donors (Lipinski definition) is 0. The van der Waals surface area contributed by atoms with E-state index in [1.807, 2.05) is 0 Å². The summed E-state index contributed by atoms with van der Waals surface area (Å²) >= 11 is 18.0. The molecule has 0 unspecified atom stereocenters. The third-order valence-corrected chi connectivity index (χ3v) is 8.24. The van der Waals surface area contributed by atoms with Gasteiger partial charge in [-0.2, -0.15) is 16.8 Å². The molecular weight excluding hydrogens is 491 g/mol. The van der Waals surface area contributed by atoms with E-state index in [4.69, 9.17) is 43.2 Å². The number of thiophene rings is 1. The molecule has 0 aliphatic rings. The van der Waals surface area contributed by atoms with Crippen LogP contribution in [-0.2, 0) is 20.2 Å². The maximum absolute atomic E-state index is 12.5. The highest BCUT2D eigenvalue weighted by Crippen LogP contribution is 2.36. The summed E-state index contributed by atoms with van der Waals surface area (Å²) in [5.41, 5.74) is 0. The Kier molecular flexibility index (Phi) is 6.14. The molecule has 148 valence electrons. The summed E-state index contributed by atoms with van der Waals surface area (Å²) in [4.78, 5) is -0.493. The summed E-state index contributed by atoms with van der Waals surface area (Å²) in [6.07, 6.45) is 0. The maximum atomic E-state index is 12.5. The second-order valence-electron chi connectivity index (χ2n) is 5.19. The fourth-order valence-corrected chi connectivity index (χ4v) is 6.40. The van der Waals surface area contributed by atoms with Gasteiger partial charge in [0.1, 0.15) is 20.7 Å². The van der Waals surface area contributed by atoms with Crippen LogP contribution in [0.25, 0.3) is 0 Å². The van der Waals surface area contributed by atoms with E-state index in [0.717, 1.165) is 6.07 Å². The van der Waals surface area contributed by atoms with E-state index in [2.05, 4.69) is 0 Å². The molecule has 2 aromatic carbocycles. The molecule has 0 atom stereocenters. The van der Waals surface area contributed by atoms with Gasteiger partial charge >= 0.3 is 20.2 Å². The lowest BCUT2D eigenvalue weighted by Crippen LogP contribution is -2.10.